The van der Waals surface area contributed by atoms with Gasteiger partial charge in [-0.25, -0.2) is 8.42 Å². The smallest absolute Gasteiger partial charge is 0.241 e. The number of rotatable bonds is 16. The Morgan fingerprint density at radius 3 is 2.23 bits per heavy atom. The third kappa shape index (κ3) is 11.2. The number of aliphatic hydroxyl groups excluding tert-OH is 1. The minimum absolute atomic E-state index is 0.00125. The molecule has 0 spiro atoms. The number of nitrogens with zero attached hydrogens (tertiary/aromatic N) is 2. The molecule has 0 bridgehead atoms. The molecule has 5 aromatic carbocycles. The number of amides is 1. The molecule has 5 aromatic rings. The van der Waals surface area contributed by atoms with E-state index in [1.54, 1.807) is 24.3 Å². The third-order valence-electron chi connectivity index (χ3n) is 12.3. The molecule has 0 aliphatic carbocycles. The molecule has 1 amide bonds. The number of ether oxygens (including phenoxy) is 2. The Bertz CT molecular complexity index is 2320. The summed E-state index contributed by atoms with van der Waals surface area (Å²) in [5.41, 5.74) is 7.50. The molecule has 0 saturated carbocycles. The molecule has 10 nitrogen and oxygen atoms in total. The first-order chi connectivity index (χ1) is 29.7. The van der Waals surface area contributed by atoms with Crippen molar-refractivity contribution in [2.75, 3.05) is 32.7 Å². The molecule has 3 N–H and O–H groups in total. The quantitative estimate of drug-likeness (QED) is 0.0937. The summed E-state index contributed by atoms with van der Waals surface area (Å²) in [6.07, 6.45) is 5.20. The molecule has 3 saturated heterocycles. The average Bonchev–Trinajstić information content (AvgIpc) is 3.98. The van der Waals surface area contributed by atoms with Gasteiger partial charge in [0.1, 0.15) is 6.04 Å². The van der Waals surface area contributed by atoms with Crippen LogP contribution in [0.4, 0.5) is 0 Å². The fraction of sp³-hybridized carbons (Fsp3) is 0.380. The predicted molar refractivity (Wildman–Crippen MR) is 238 cm³/mol. The van der Waals surface area contributed by atoms with Gasteiger partial charge in [0.25, 0.3) is 0 Å². The van der Waals surface area contributed by atoms with E-state index in [0.717, 1.165) is 70.6 Å². The first-order valence-electron chi connectivity index (χ1n) is 21.8. The number of likely N-dealkylation sites (tertiary alicyclic amines) is 2. The highest BCUT2D eigenvalue weighted by Crippen LogP contribution is 2.40. The van der Waals surface area contributed by atoms with Gasteiger partial charge < -0.3 is 24.8 Å². The van der Waals surface area contributed by atoms with Crippen LogP contribution >= 0.6 is 0 Å². The van der Waals surface area contributed by atoms with E-state index >= 15 is 0 Å². The molecule has 320 valence electrons. The Kier molecular flexibility index (Phi) is 14.1. The standard InChI is InChI=1S/C50H58N4O6S/c1-36-17-23-46(24-18-36)61(57,58)52-47(29-37-10-3-2-4-11-37)49(56)51-32-39-12-7-13-41(28-39)42-14-8-15-43(30-42)50-59-45(31-48(60-50)40-21-19-38(35-55)20-22-40)34-54-27-9-16-44(54)33-53-25-5-6-26-53/h2-4,7-8,10-15,17-24,28,30,44-45,47-48,50,52,55H,5-6,9,16,25-27,29,31-35H2,1H3,(H,51,56). The number of carbonyl (C=O) groups excluding carboxylic acids is 1. The van der Waals surface area contributed by atoms with E-state index in [-0.39, 0.29) is 36.7 Å². The molecule has 5 atom stereocenters. The summed E-state index contributed by atoms with van der Waals surface area (Å²) in [6, 6.07) is 39.9. The molecule has 0 radical (unpaired) electrons. The van der Waals surface area contributed by atoms with Gasteiger partial charge in [-0.15, -0.1) is 0 Å². The second kappa shape index (κ2) is 20.0. The Labute approximate surface area is 361 Å². The van der Waals surface area contributed by atoms with Crippen LogP contribution < -0.4 is 10.0 Å². The third-order valence-corrected chi connectivity index (χ3v) is 13.8. The van der Waals surface area contributed by atoms with Crippen molar-refractivity contribution in [1.82, 2.24) is 19.8 Å². The molecule has 3 aliphatic rings. The number of aryl methyl sites for hydroxylation is 1. The van der Waals surface area contributed by atoms with Crippen LogP contribution in [0.15, 0.2) is 132 Å². The molecular weight excluding hydrogens is 785 g/mol. The fourth-order valence-corrected chi connectivity index (χ4v) is 10.1. The number of carbonyl (C=O) groups is 1. The van der Waals surface area contributed by atoms with Gasteiger partial charge >= 0.3 is 0 Å². The summed E-state index contributed by atoms with van der Waals surface area (Å²) < 4.78 is 43.1. The van der Waals surface area contributed by atoms with Gasteiger partial charge in [-0.05, 0) is 116 Å². The monoisotopic (exact) mass is 842 g/mol. The molecule has 3 aliphatic heterocycles. The van der Waals surface area contributed by atoms with Crippen LogP contribution in [-0.4, -0.2) is 80.1 Å². The summed E-state index contributed by atoms with van der Waals surface area (Å²) in [6.45, 7) is 7.59. The van der Waals surface area contributed by atoms with E-state index in [9.17, 15) is 18.3 Å². The number of hydrogen-bond acceptors (Lipinski definition) is 8. The molecule has 11 heteroatoms. The van der Waals surface area contributed by atoms with E-state index in [1.165, 1.54) is 38.8 Å². The predicted octanol–water partition coefficient (Wildman–Crippen LogP) is 7.47. The van der Waals surface area contributed by atoms with Crippen LogP contribution in [0.1, 0.15) is 77.9 Å². The van der Waals surface area contributed by atoms with Crippen molar-refractivity contribution in [3.8, 4) is 11.1 Å². The molecule has 3 heterocycles. The van der Waals surface area contributed by atoms with Crippen molar-refractivity contribution < 1.29 is 27.8 Å². The van der Waals surface area contributed by atoms with E-state index in [0.29, 0.717) is 6.04 Å². The highest BCUT2D eigenvalue weighted by molar-refractivity contribution is 7.89. The maximum absolute atomic E-state index is 13.8. The second-order valence-electron chi connectivity index (χ2n) is 16.9. The van der Waals surface area contributed by atoms with Crippen molar-refractivity contribution in [3.63, 3.8) is 0 Å². The van der Waals surface area contributed by atoms with Gasteiger partial charge in [0, 0.05) is 37.7 Å². The Hall–Kier alpha value is -4.72. The van der Waals surface area contributed by atoms with Crippen LogP contribution in [-0.2, 0) is 43.9 Å². The first-order valence-corrected chi connectivity index (χ1v) is 23.2. The normalized spacial score (nSPS) is 21.7. The van der Waals surface area contributed by atoms with Crippen LogP contribution in [0, 0.1) is 6.92 Å². The zero-order chi connectivity index (χ0) is 42.2. The fourth-order valence-electron chi connectivity index (χ4n) is 8.95. The minimum atomic E-state index is -3.96. The van der Waals surface area contributed by atoms with Crippen LogP contribution in [0.25, 0.3) is 11.1 Å². The van der Waals surface area contributed by atoms with E-state index in [4.69, 9.17) is 9.47 Å². The maximum atomic E-state index is 13.8. The number of hydrogen-bond donors (Lipinski definition) is 3. The topological polar surface area (TPSA) is 120 Å². The van der Waals surface area contributed by atoms with Gasteiger partial charge in [-0.2, -0.15) is 4.72 Å². The highest BCUT2D eigenvalue weighted by Gasteiger charge is 2.36. The Balaban J connectivity index is 0.973. The lowest BCUT2D eigenvalue weighted by molar-refractivity contribution is -0.253. The lowest BCUT2D eigenvalue weighted by atomic mass is 9.98. The second-order valence-corrected chi connectivity index (χ2v) is 18.6. The van der Waals surface area contributed by atoms with E-state index < -0.39 is 28.3 Å². The number of aliphatic hydroxyl groups is 1. The number of sulfonamides is 1. The first kappa shape index (κ1) is 42.9. The Morgan fingerprint density at radius 2 is 1.48 bits per heavy atom. The minimum Gasteiger partial charge on any atom is -0.392 e. The summed E-state index contributed by atoms with van der Waals surface area (Å²) in [5.74, 6) is -0.412. The molecular formula is C50H58N4O6S. The van der Waals surface area contributed by atoms with E-state index in [2.05, 4.69) is 50.2 Å². The van der Waals surface area contributed by atoms with Gasteiger partial charge in [0.15, 0.2) is 6.29 Å². The lowest BCUT2D eigenvalue weighted by Gasteiger charge is -2.39. The van der Waals surface area contributed by atoms with Crippen LogP contribution in [0.2, 0.25) is 0 Å². The SMILES string of the molecule is Cc1ccc(S(=O)(=O)NC(Cc2ccccc2)C(=O)NCc2cccc(-c3cccc(C4OC(CN5CCCC5CN5CCCC5)CC(c5ccc(CO)cc5)O4)c3)c2)cc1. The number of benzene rings is 5. The van der Waals surface area contributed by atoms with Gasteiger partial charge in [0.05, 0.1) is 23.7 Å². The number of nitrogens with one attached hydrogen (secondary N) is 2. The van der Waals surface area contributed by atoms with Gasteiger partial charge in [-0.1, -0.05) is 109 Å². The Morgan fingerprint density at radius 1 is 0.754 bits per heavy atom. The van der Waals surface area contributed by atoms with Crippen molar-refractivity contribution in [2.45, 2.75) is 94.1 Å². The molecule has 8 rings (SSSR count). The highest BCUT2D eigenvalue weighted by atomic mass is 32.2. The largest absolute Gasteiger partial charge is 0.392 e. The zero-order valence-electron chi connectivity index (χ0n) is 35.0. The van der Waals surface area contributed by atoms with Crippen molar-refractivity contribution in [3.05, 3.63) is 161 Å². The van der Waals surface area contributed by atoms with Crippen LogP contribution in [0.3, 0.4) is 0 Å². The summed E-state index contributed by atoms with van der Waals surface area (Å²) >= 11 is 0. The van der Waals surface area contributed by atoms with E-state index in [1.807, 2.05) is 79.7 Å². The lowest BCUT2D eigenvalue weighted by Crippen LogP contribution is -2.47. The summed E-state index contributed by atoms with van der Waals surface area (Å²) in [4.78, 5) is 19.1. The van der Waals surface area contributed by atoms with Crippen LogP contribution in [0.5, 0.6) is 0 Å². The van der Waals surface area contributed by atoms with Gasteiger partial charge in [0.2, 0.25) is 15.9 Å². The van der Waals surface area contributed by atoms with Crippen molar-refractivity contribution in [1.29, 1.82) is 0 Å². The zero-order valence-corrected chi connectivity index (χ0v) is 35.8. The maximum Gasteiger partial charge on any atom is 0.241 e. The van der Waals surface area contributed by atoms with Gasteiger partial charge in [-0.3, -0.25) is 9.69 Å². The van der Waals surface area contributed by atoms with Crippen molar-refractivity contribution >= 4 is 15.9 Å². The van der Waals surface area contributed by atoms with Crippen molar-refractivity contribution in [2.24, 2.45) is 0 Å². The summed E-state index contributed by atoms with van der Waals surface area (Å²) in [7, 11) is -3.96. The summed E-state index contributed by atoms with van der Waals surface area (Å²) in [5, 5.41) is 12.7. The average molecular weight is 843 g/mol. The molecule has 3 fully saturated rings. The molecule has 61 heavy (non-hydrogen) atoms. The molecule has 0 aromatic heterocycles. The molecule has 5 unspecified atom stereocenters.